The Balaban J connectivity index is 1.96. The van der Waals surface area contributed by atoms with Gasteiger partial charge in [-0.05, 0) is 43.5 Å². The molecule has 0 saturated carbocycles. The zero-order chi connectivity index (χ0) is 21.1. The number of piperidine rings is 1. The van der Waals surface area contributed by atoms with Crippen LogP contribution < -0.4 is 10.1 Å². The van der Waals surface area contributed by atoms with Crippen LogP contribution in [0.15, 0.2) is 42.5 Å². The Kier molecular flexibility index (Phi) is 6.45. The molecule has 0 radical (unpaired) electrons. The van der Waals surface area contributed by atoms with E-state index in [0.29, 0.717) is 12.8 Å². The summed E-state index contributed by atoms with van der Waals surface area (Å²) in [6.07, 6.45) is -3.40. The second-order valence-corrected chi connectivity index (χ2v) is 7.37. The van der Waals surface area contributed by atoms with E-state index in [0.717, 1.165) is 18.2 Å². The molecule has 1 aliphatic rings. The largest absolute Gasteiger partial charge is 0.495 e. The normalized spacial score (nSPS) is 23.6. The average Bonchev–Trinajstić information content (AvgIpc) is 2.72. The summed E-state index contributed by atoms with van der Waals surface area (Å²) in [6.45, 7) is 0.255. The molecule has 1 aliphatic heterocycles. The van der Waals surface area contributed by atoms with Crippen molar-refractivity contribution >= 4 is 0 Å². The molecule has 3 N–H and O–H groups in total. The van der Waals surface area contributed by atoms with Gasteiger partial charge in [0.2, 0.25) is 0 Å². The van der Waals surface area contributed by atoms with Gasteiger partial charge in [0, 0.05) is 5.92 Å². The van der Waals surface area contributed by atoms with Crippen molar-refractivity contribution < 1.29 is 28.1 Å². The highest BCUT2D eigenvalue weighted by molar-refractivity contribution is 5.34. The van der Waals surface area contributed by atoms with Crippen LogP contribution in [0.25, 0.3) is 0 Å². The third kappa shape index (κ3) is 4.71. The van der Waals surface area contributed by atoms with Crippen LogP contribution in [0, 0.1) is 0 Å². The van der Waals surface area contributed by atoms with E-state index in [-0.39, 0.29) is 17.9 Å². The van der Waals surface area contributed by atoms with Gasteiger partial charge < -0.3 is 20.3 Å². The molecule has 1 aromatic carbocycles. The maximum atomic E-state index is 13.2. The van der Waals surface area contributed by atoms with Gasteiger partial charge in [-0.25, -0.2) is 4.98 Å². The lowest BCUT2D eigenvalue weighted by Gasteiger charge is -2.42. The van der Waals surface area contributed by atoms with Crippen molar-refractivity contribution in [2.24, 2.45) is 0 Å². The standard InChI is InChI=1S/C21H25F3N2O3/c1-29-16-8-9-17(21(22,23)24)26-18(16)15(13-27)12-20(28)10-5-11-25-19(20)14-6-3-2-4-7-14/h2-4,6-9,15,19,25,27-28H,5,10-13H2,1H3/t15-,19-,20+/m0/s1. The van der Waals surface area contributed by atoms with Gasteiger partial charge in [-0.3, -0.25) is 0 Å². The predicted molar refractivity (Wildman–Crippen MR) is 102 cm³/mol. The van der Waals surface area contributed by atoms with Crippen LogP contribution in [0.1, 0.15) is 48.2 Å². The smallest absolute Gasteiger partial charge is 0.433 e. The molecule has 0 aliphatic carbocycles. The molecule has 2 heterocycles. The second kappa shape index (κ2) is 8.69. The first-order valence-corrected chi connectivity index (χ1v) is 9.52. The summed E-state index contributed by atoms with van der Waals surface area (Å²) in [7, 11) is 1.34. The third-order valence-corrected chi connectivity index (χ3v) is 5.41. The number of nitrogens with zero attached hydrogens (tertiary/aromatic N) is 1. The quantitative estimate of drug-likeness (QED) is 0.681. The lowest BCUT2D eigenvalue weighted by molar-refractivity contribution is -0.141. The van der Waals surface area contributed by atoms with Crippen molar-refractivity contribution in [2.75, 3.05) is 20.3 Å². The number of alkyl halides is 3. The molecule has 29 heavy (non-hydrogen) atoms. The van der Waals surface area contributed by atoms with E-state index in [9.17, 15) is 23.4 Å². The van der Waals surface area contributed by atoms with Gasteiger partial charge in [0.1, 0.15) is 11.4 Å². The first-order chi connectivity index (χ1) is 13.8. The SMILES string of the molecule is COc1ccc(C(F)(F)F)nc1[C@H](CO)C[C@]1(O)CCCN[C@H]1c1ccccc1. The number of pyridine rings is 1. The Morgan fingerprint density at radius 2 is 1.97 bits per heavy atom. The minimum atomic E-state index is -4.61. The second-order valence-electron chi connectivity index (χ2n) is 7.37. The summed E-state index contributed by atoms with van der Waals surface area (Å²) in [5, 5.41) is 24.8. The minimum absolute atomic E-state index is 0.00404. The molecule has 1 saturated heterocycles. The number of rotatable bonds is 6. The van der Waals surface area contributed by atoms with Crippen molar-refractivity contribution in [1.29, 1.82) is 0 Å². The van der Waals surface area contributed by atoms with Crippen LogP contribution in [0.2, 0.25) is 0 Å². The first-order valence-electron chi connectivity index (χ1n) is 9.52. The number of halogens is 3. The van der Waals surface area contributed by atoms with Crippen LogP contribution in [-0.2, 0) is 6.18 Å². The molecule has 1 aromatic heterocycles. The Morgan fingerprint density at radius 1 is 1.24 bits per heavy atom. The fourth-order valence-electron chi connectivity index (χ4n) is 4.03. The zero-order valence-electron chi connectivity index (χ0n) is 16.1. The number of hydrogen-bond acceptors (Lipinski definition) is 5. The molecule has 3 atom stereocenters. The summed E-state index contributed by atoms with van der Waals surface area (Å²) >= 11 is 0. The third-order valence-electron chi connectivity index (χ3n) is 5.41. The highest BCUT2D eigenvalue weighted by atomic mass is 19.4. The highest BCUT2D eigenvalue weighted by Gasteiger charge is 2.43. The van der Waals surface area contributed by atoms with Gasteiger partial charge in [0.25, 0.3) is 0 Å². The van der Waals surface area contributed by atoms with Crippen LogP contribution in [0.4, 0.5) is 13.2 Å². The minimum Gasteiger partial charge on any atom is -0.495 e. The summed E-state index contributed by atoms with van der Waals surface area (Å²) in [4.78, 5) is 3.74. The number of benzene rings is 1. The van der Waals surface area contributed by atoms with Gasteiger partial charge >= 0.3 is 6.18 Å². The van der Waals surface area contributed by atoms with E-state index in [1.807, 2.05) is 30.3 Å². The molecule has 158 valence electrons. The van der Waals surface area contributed by atoms with Crippen molar-refractivity contribution in [3.05, 3.63) is 59.4 Å². The molecule has 3 rings (SSSR count). The van der Waals surface area contributed by atoms with Crippen molar-refractivity contribution in [2.45, 2.75) is 43.0 Å². The molecule has 1 fully saturated rings. The average molecular weight is 410 g/mol. The van der Waals surface area contributed by atoms with Gasteiger partial charge in [0.05, 0.1) is 31.1 Å². The number of nitrogens with one attached hydrogen (secondary N) is 1. The van der Waals surface area contributed by atoms with Gasteiger partial charge in [0.15, 0.2) is 0 Å². The van der Waals surface area contributed by atoms with Crippen molar-refractivity contribution in [3.8, 4) is 5.75 Å². The van der Waals surface area contributed by atoms with Crippen LogP contribution in [0.5, 0.6) is 5.75 Å². The van der Waals surface area contributed by atoms with Crippen LogP contribution in [0.3, 0.4) is 0 Å². The monoisotopic (exact) mass is 410 g/mol. The Labute approximate surface area is 167 Å². The van der Waals surface area contributed by atoms with Crippen molar-refractivity contribution in [3.63, 3.8) is 0 Å². The number of ether oxygens (including phenoxy) is 1. The fraction of sp³-hybridized carbons (Fsp3) is 0.476. The molecule has 0 amide bonds. The Hall–Kier alpha value is -2.16. The number of aromatic nitrogens is 1. The van der Waals surface area contributed by atoms with Crippen LogP contribution >= 0.6 is 0 Å². The van der Waals surface area contributed by atoms with E-state index in [4.69, 9.17) is 4.74 Å². The summed E-state index contributed by atoms with van der Waals surface area (Å²) in [6, 6.07) is 11.0. The number of methoxy groups -OCH3 is 1. The molecule has 2 aromatic rings. The Bertz CT molecular complexity index is 817. The van der Waals surface area contributed by atoms with Crippen molar-refractivity contribution in [1.82, 2.24) is 10.3 Å². The Morgan fingerprint density at radius 3 is 2.59 bits per heavy atom. The van der Waals surface area contributed by atoms with E-state index in [1.54, 1.807) is 0 Å². The molecular weight excluding hydrogens is 385 g/mol. The summed E-state index contributed by atoms with van der Waals surface area (Å²) in [5.41, 5.74) is -1.43. The topological polar surface area (TPSA) is 74.6 Å². The number of aliphatic hydroxyl groups is 2. The maximum absolute atomic E-state index is 13.2. The first kappa shape index (κ1) is 21.5. The molecular formula is C21H25F3N2O3. The summed E-state index contributed by atoms with van der Waals surface area (Å²) in [5.74, 6) is -0.663. The number of hydrogen-bond donors (Lipinski definition) is 3. The lowest BCUT2D eigenvalue weighted by Crippen LogP contribution is -2.49. The fourth-order valence-corrected chi connectivity index (χ4v) is 4.03. The lowest BCUT2D eigenvalue weighted by atomic mass is 9.75. The van der Waals surface area contributed by atoms with E-state index in [2.05, 4.69) is 10.3 Å². The summed E-state index contributed by atoms with van der Waals surface area (Å²) < 4.78 is 44.7. The van der Waals surface area contributed by atoms with Crippen LogP contribution in [-0.4, -0.2) is 41.1 Å². The van der Waals surface area contributed by atoms with Gasteiger partial charge in [-0.15, -0.1) is 0 Å². The number of aliphatic hydroxyl groups excluding tert-OH is 1. The molecule has 0 spiro atoms. The van der Waals surface area contributed by atoms with Gasteiger partial charge in [-0.2, -0.15) is 13.2 Å². The van der Waals surface area contributed by atoms with E-state index in [1.165, 1.54) is 13.2 Å². The molecule has 0 unspecified atom stereocenters. The molecule has 0 bridgehead atoms. The predicted octanol–water partition coefficient (Wildman–Crippen LogP) is 3.43. The highest BCUT2D eigenvalue weighted by Crippen LogP contribution is 2.42. The van der Waals surface area contributed by atoms with E-state index < -0.39 is 36.0 Å². The molecule has 8 heteroatoms. The zero-order valence-corrected chi connectivity index (χ0v) is 16.1. The maximum Gasteiger partial charge on any atom is 0.433 e. The van der Waals surface area contributed by atoms with E-state index >= 15 is 0 Å². The molecule has 5 nitrogen and oxygen atoms in total. The van der Waals surface area contributed by atoms with Gasteiger partial charge in [-0.1, -0.05) is 30.3 Å².